The SMILES string of the molecule is CCCN(CCC)Cc1nc2c(c(=O)[nH]c(=O)n2C)n1CC(=O)OC. The number of aromatic amines is 1. The number of nitrogens with one attached hydrogen (secondary N) is 1. The molecule has 0 aromatic carbocycles. The van der Waals surface area contributed by atoms with Crippen LogP contribution in [0.3, 0.4) is 0 Å². The van der Waals surface area contributed by atoms with Crippen LogP contribution in [-0.2, 0) is 29.7 Å². The van der Waals surface area contributed by atoms with E-state index in [1.54, 1.807) is 0 Å². The van der Waals surface area contributed by atoms with Gasteiger partial charge in [-0.25, -0.2) is 9.78 Å². The number of carbonyl (C=O) groups excluding carboxylic acids is 1. The van der Waals surface area contributed by atoms with Gasteiger partial charge in [0.25, 0.3) is 5.56 Å². The van der Waals surface area contributed by atoms with Crippen LogP contribution in [0.2, 0.25) is 0 Å². The van der Waals surface area contributed by atoms with Gasteiger partial charge in [-0.2, -0.15) is 0 Å². The van der Waals surface area contributed by atoms with E-state index in [4.69, 9.17) is 4.74 Å². The lowest BCUT2D eigenvalue weighted by Crippen LogP contribution is -2.30. The summed E-state index contributed by atoms with van der Waals surface area (Å²) < 4.78 is 7.55. The third kappa shape index (κ3) is 3.98. The van der Waals surface area contributed by atoms with Crippen LogP contribution < -0.4 is 11.2 Å². The Hall–Kier alpha value is -2.42. The predicted octanol–water partition coefficient (Wildman–Crippen LogP) is 0.218. The Morgan fingerprint density at radius 2 is 1.88 bits per heavy atom. The average molecular weight is 351 g/mol. The fourth-order valence-corrected chi connectivity index (χ4v) is 2.87. The second kappa shape index (κ2) is 8.11. The van der Waals surface area contributed by atoms with E-state index >= 15 is 0 Å². The minimum Gasteiger partial charge on any atom is -0.468 e. The summed E-state index contributed by atoms with van der Waals surface area (Å²) in [6, 6.07) is 0. The molecule has 0 unspecified atom stereocenters. The highest BCUT2D eigenvalue weighted by Crippen LogP contribution is 2.14. The number of hydrogen-bond donors (Lipinski definition) is 1. The van der Waals surface area contributed by atoms with Crippen LogP contribution >= 0.6 is 0 Å². The minimum atomic E-state index is -0.557. The molecule has 0 radical (unpaired) electrons. The number of aromatic nitrogens is 4. The van der Waals surface area contributed by atoms with E-state index < -0.39 is 17.2 Å². The lowest BCUT2D eigenvalue weighted by molar-refractivity contribution is -0.141. The number of fused-ring (bicyclic) bond motifs is 1. The Kier molecular flexibility index (Phi) is 6.13. The number of imidazole rings is 1. The molecule has 0 saturated heterocycles. The van der Waals surface area contributed by atoms with Crippen molar-refractivity contribution in [2.24, 2.45) is 7.05 Å². The summed E-state index contributed by atoms with van der Waals surface area (Å²) in [5, 5.41) is 0. The maximum atomic E-state index is 12.3. The molecule has 0 fully saturated rings. The summed E-state index contributed by atoms with van der Waals surface area (Å²) >= 11 is 0. The van der Waals surface area contributed by atoms with Crippen LogP contribution in [0.15, 0.2) is 9.59 Å². The van der Waals surface area contributed by atoms with Crippen molar-refractivity contribution in [2.45, 2.75) is 39.8 Å². The van der Waals surface area contributed by atoms with Crippen LogP contribution in [0, 0.1) is 0 Å². The molecule has 9 heteroatoms. The van der Waals surface area contributed by atoms with Crippen LogP contribution in [0.1, 0.15) is 32.5 Å². The van der Waals surface area contributed by atoms with Crippen molar-refractivity contribution in [3.05, 3.63) is 26.7 Å². The molecule has 138 valence electrons. The number of methoxy groups -OCH3 is 1. The molecule has 0 saturated carbocycles. The van der Waals surface area contributed by atoms with Crippen molar-refractivity contribution in [3.8, 4) is 0 Å². The van der Waals surface area contributed by atoms with E-state index in [2.05, 4.69) is 28.7 Å². The fourth-order valence-electron chi connectivity index (χ4n) is 2.87. The Balaban J connectivity index is 2.61. The van der Waals surface area contributed by atoms with Gasteiger partial charge in [-0.15, -0.1) is 0 Å². The monoisotopic (exact) mass is 351 g/mol. The van der Waals surface area contributed by atoms with Gasteiger partial charge in [-0.05, 0) is 25.9 Å². The van der Waals surface area contributed by atoms with Crippen molar-refractivity contribution in [3.63, 3.8) is 0 Å². The van der Waals surface area contributed by atoms with Crippen molar-refractivity contribution >= 4 is 17.1 Å². The number of ether oxygens (including phenoxy) is 1. The lowest BCUT2D eigenvalue weighted by Gasteiger charge is -2.20. The highest BCUT2D eigenvalue weighted by molar-refractivity contribution is 5.75. The Labute approximate surface area is 145 Å². The zero-order chi connectivity index (χ0) is 18.6. The summed E-state index contributed by atoms with van der Waals surface area (Å²) in [6.07, 6.45) is 1.96. The Morgan fingerprint density at radius 1 is 1.24 bits per heavy atom. The smallest absolute Gasteiger partial charge is 0.329 e. The van der Waals surface area contributed by atoms with Crippen LogP contribution in [-0.4, -0.2) is 50.2 Å². The van der Waals surface area contributed by atoms with Gasteiger partial charge in [0.05, 0.1) is 13.7 Å². The molecule has 0 aliphatic heterocycles. The first kappa shape index (κ1) is 18.9. The second-order valence-electron chi connectivity index (χ2n) is 5.96. The molecule has 2 aromatic rings. The van der Waals surface area contributed by atoms with Gasteiger partial charge in [0.1, 0.15) is 12.4 Å². The standard InChI is InChI=1S/C16H25N5O4/c1-5-7-20(8-6-2)9-11-17-14-13(21(11)10-12(22)25-4)15(23)18-16(24)19(14)3/h5-10H2,1-4H3,(H,18,23,24). The first-order valence-corrected chi connectivity index (χ1v) is 8.40. The second-order valence-corrected chi connectivity index (χ2v) is 5.96. The summed E-state index contributed by atoms with van der Waals surface area (Å²) in [7, 11) is 2.83. The molecule has 0 atom stereocenters. The van der Waals surface area contributed by atoms with Gasteiger partial charge in [0, 0.05) is 7.05 Å². The number of carbonyl (C=O) groups is 1. The normalized spacial score (nSPS) is 11.4. The molecule has 0 amide bonds. The fraction of sp³-hybridized carbons (Fsp3) is 0.625. The van der Waals surface area contributed by atoms with Crippen molar-refractivity contribution < 1.29 is 9.53 Å². The number of rotatable bonds is 8. The van der Waals surface area contributed by atoms with Crippen molar-refractivity contribution in [2.75, 3.05) is 20.2 Å². The molecule has 2 heterocycles. The van der Waals surface area contributed by atoms with Gasteiger partial charge in [-0.3, -0.25) is 24.0 Å². The van der Waals surface area contributed by atoms with Gasteiger partial charge in [-0.1, -0.05) is 13.8 Å². The van der Waals surface area contributed by atoms with Gasteiger partial charge < -0.3 is 9.30 Å². The van der Waals surface area contributed by atoms with Crippen LogP contribution in [0.25, 0.3) is 11.2 Å². The van der Waals surface area contributed by atoms with Crippen molar-refractivity contribution in [1.29, 1.82) is 0 Å². The van der Waals surface area contributed by atoms with E-state index in [1.165, 1.54) is 23.3 Å². The largest absolute Gasteiger partial charge is 0.468 e. The average Bonchev–Trinajstić information content (AvgIpc) is 2.92. The molecular weight excluding hydrogens is 326 g/mol. The Bertz CT molecular complexity index is 858. The maximum Gasteiger partial charge on any atom is 0.329 e. The summed E-state index contributed by atoms with van der Waals surface area (Å²) in [5.74, 6) is 0.0836. The predicted molar refractivity (Wildman–Crippen MR) is 93.5 cm³/mol. The van der Waals surface area contributed by atoms with Gasteiger partial charge in [0.2, 0.25) is 0 Å². The van der Waals surface area contributed by atoms with E-state index in [9.17, 15) is 14.4 Å². The minimum absolute atomic E-state index is 0.129. The molecule has 0 aliphatic carbocycles. The summed E-state index contributed by atoms with van der Waals surface area (Å²) in [6.45, 7) is 6.30. The number of H-pyrrole nitrogens is 1. The number of hydrogen-bond acceptors (Lipinski definition) is 6. The molecule has 0 spiro atoms. The highest BCUT2D eigenvalue weighted by atomic mass is 16.5. The molecular formula is C16H25N5O4. The topological polar surface area (TPSA) is 102 Å². The molecule has 0 aliphatic rings. The number of esters is 1. The quantitative estimate of drug-likeness (QED) is 0.683. The molecule has 2 rings (SSSR count). The third-order valence-electron chi connectivity index (χ3n) is 4.05. The molecule has 2 aromatic heterocycles. The summed E-state index contributed by atoms with van der Waals surface area (Å²) in [4.78, 5) is 44.9. The van der Waals surface area contributed by atoms with E-state index in [-0.39, 0.29) is 17.7 Å². The van der Waals surface area contributed by atoms with Crippen molar-refractivity contribution in [1.82, 2.24) is 24.0 Å². The van der Waals surface area contributed by atoms with E-state index in [0.717, 1.165) is 25.9 Å². The molecule has 9 nitrogen and oxygen atoms in total. The summed E-state index contributed by atoms with van der Waals surface area (Å²) in [5.41, 5.74) is -0.625. The number of nitrogens with zero attached hydrogens (tertiary/aromatic N) is 4. The number of aryl methyl sites for hydroxylation is 1. The van der Waals surface area contributed by atoms with Crippen LogP contribution in [0.5, 0.6) is 0 Å². The maximum absolute atomic E-state index is 12.3. The first-order chi connectivity index (χ1) is 11.9. The first-order valence-electron chi connectivity index (χ1n) is 8.40. The lowest BCUT2D eigenvalue weighted by atomic mass is 10.3. The third-order valence-corrected chi connectivity index (χ3v) is 4.05. The molecule has 1 N–H and O–H groups in total. The highest BCUT2D eigenvalue weighted by Gasteiger charge is 2.20. The van der Waals surface area contributed by atoms with Gasteiger partial charge in [0.15, 0.2) is 11.2 Å². The van der Waals surface area contributed by atoms with Crippen LogP contribution in [0.4, 0.5) is 0 Å². The zero-order valence-corrected chi connectivity index (χ0v) is 15.2. The van der Waals surface area contributed by atoms with E-state index in [1.807, 2.05) is 0 Å². The Morgan fingerprint density at radius 3 is 2.44 bits per heavy atom. The zero-order valence-electron chi connectivity index (χ0n) is 15.2. The van der Waals surface area contributed by atoms with E-state index in [0.29, 0.717) is 12.4 Å². The molecule has 25 heavy (non-hydrogen) atoms. The van der Waals surface area contributed by atoms with Gasteiger partial charge >= 0.3 is 11.7 Å². The molecule has 0 bridgehead atoms.